The number of rotatable bonds is 5. The monoisotopic (exact) mass is 465 g/mol. The molecule has 2 N–H and O–H groups in total. The highest BCUT2D eigenvalue weighted by molar-refractivity contribution is 6.35. The number of anilines is 1. The van der Waals surface area contributed by atoms with Crippen molar-refractivity contribution in [3.8, 4) is 11.5 Å². The fraction of sp³-hybridized carbons (Fsp3) is 0.0417. The number of azo groups is 1. The van der Waals surface area contributed by atoms with Crippen molar-refractivity contribution in [2.75, 3.05) is 12.4 Å². The van der Waals surface area contributed by atoms with Gasteiger partial charge in [0.1, 0.15) is 17.1 Å². The van der Waals surface area contributed by atoms with Gasteiger partial charge < -0.3 is 15.2 Å². The number of nitrogens with zero attached hydrogens (tertiary/aromatic N) is 2. The van der Waals surface area contributed by atoms with Gasteiger partial charge in [0.05, 0.1) is 23.4 Å². The average Bonchev–Trinajstić information content (AvgIpc) is 2.80. The second-order valence-corrected chi connectivity index (χ2v) is 7.64. The summed E-state index contributed by atoms with van der Waals surface area (Å²) in [5.41, 5.74) is 0.998. The molecule has 0 fully saturated rings. The van der Waals surface area contributed by atoms with Crippen LogP contribution in [0.4, 0.5) is 17.1 Å². The van der Waals surface area contributed by atoms with E-state index in [4.69, 9.17) is 27.9 Å². The molecule has 8 heteroatoms. The van der Waals surface area contributed by atoms with Gasteiger partial charge in [-0.1, -0.05) is 59.6 Å². The molecular formula is C24H17Cl2N3O3. The van der Waals surface area contributed by atoms with Gasteiger partial charge in [-0.3, -0.25) is 4.79 Å². The number of phenols is 1. The minimum absolute atomic E-state index is 0.0424. The predicted octanol–water partition coefficient (Wildman–Crippen LogP) is 7.53. The molecule has 4 aromatic rings. The summed E-state index contributed by atoms with van der Waals surface area (Å²) in [7, 11) is 1.51. The second kappa shape index (κ2) is 9.26. The number of methoxy groups -OCH3 is 1. The third-order valence-electron chi connectivity index (χ3n) is 4.76. The van der Waals surface area contributed by atoms with E-state index >= 15 is 0 Å². The highest BCUT2D eigenvalue weighted by Crippen LogP contribution is 2.40. The first-order valence-corrected chi connectivity index (χ1v) is 10.3. The number of nitrogens with one attached hydrogen (secondary N) is 1. The molecule has 0 aliphatic rings. The van der Waals surface area contributed by atoms with E-state index in [0.29, 0.717) is 37.9 Å². The maximum Gasteiger partial charge on any atom is 0.259 e. The topological polar surface area (TPSA) is 83.3 Å². The van der Waals surface area contributed by atoms with E-state index in [2.05, 4.69) is 15.5 Å². The summed E-state index contributed by atoms with van der Waals surface area (Å²) >= 11 is 12.2. The molecule has 0 radical (unpaired) electrons. The van der Waals surface area contributed by atoms with Crippen LogP contribution in [0, 0.1) is 0 Å². The predicted molar refractivity (Wildman–Crippen MR) is 127 cm³/mol. The quantitative estimate of drug-likeness (QED) is 0.298. The van der Waals surface area contributed by atoms with E-state index in [9.17, 15) is 9.90 Å². The molecule has 160 valence electrons. The fourth-order valence-corrected chi connectivity index (χ4v) is 3.52. The third kappa shape index (κ3) is 4.37. The van der Waals surface area contributed by atoms with Crippen molar-refractivity contribution in [1.82, 2.24) is 0 Å². The van der Waals surface area contributed by atoms with Gasteiger partial charge in [-0.25, -0.2) is 0 Å². The maximum atomic E-state index is 13.0. The van der Waals surface area contributed by atoms with Crippen molar-refractivity contribution >= 4 is 56.9 Å². The Hall–Kier alpha value is -3.61. The molecule has 6 nitrogen and oxygen atoms in total. The number of phenolic OH excluding ortho intramolecular Hbond substituents is 1. The summed E-state index contributed by atoms with van der Waals surface area (Å²) in [6.07, 6.45) is 0. The largest absolute Gasteiger partial charge is 0.505 e. The van der Waals surface area contributed by atoms with E-state index in [-0.39, 0.29) is 17.0 Å². The van der Waals surface area contributed by atoms with Crippen LogP contribution in [0.1, 0.15) is 10.4 Å². The zero-order valence-corrected chi connectivity index (χ0v) is 18.4. The Balaban J connectivity index is 1.80. The van der Waals surface area contributed by atoms with Crippen molar-refractivity contribution in [3.05, 3.63) is 88.4 Å². The van der Waals surface area contributed by atoms with Crippen LogP contribution in [-0.4, -0.2) is 18.1 Å². The van der Waals surface area contributed by atoms with Gasteiger partial charge in [0.15, 0.2) is 5.75 Å². The van der Waals surface area contributed by atoms with Gasteiger partial charge in [-0.2, -0.15) is 0 Å². The third-order valence-corrected chi connectivity index (χ3v) is 5.32. The second-order valence-electron chi connectivity index (χ2n) is 6.79. The molecule has 0 aliphatic heterocycles. The van der Waals surface area contributed by atoms with Gasteiger partial charge in [-0.15, -0.1) is 10.2 Å². The number of amides is 1. The first kappa shape index (κ1) is 21.6. The SMILES string of the molecule is COc1ccccc1NC(=O)c1cc2ccccc2c(N=Nc2cc(Cl)ccc2Cl)c1O. The number of ether oxygens (including phenoxy) is 1. The van der Waals surface area contributed by atoms with Crippen molar-refractivity contribution in [3.63, 3.8) is 0 Å². The lowest BCUT2D eigenvalue weighted by Gasteiger charge is -2.13. The van der Waals surface area contributed by atoms with E-state index in [0.717, 1.165) is 0 Å². The molecule has 0 aromatic heterocycles. The molecule has 4 rings (SSSR count). The fourth-order valence-electron chi connectivity index (χ4n) is 3.20. The number of benzene rings is 4. The Bertz CT molecular complexity index is 1360. The minimum atomic E-state index is -0.519. The highest BCUT2D eigenvalue weighted by Gasteiger charge is 2.19. The van der Waals surface area contributed by atoms with E-state index in [1.54, 1.807) is 54.6 Å². The molecule has 4 aromatic carbocycles. The van der Waals surface area contributed by atoms with Crippen LogP contribution in [0.2, 0.25) is 10.0 Å². The summed E-state index contributed by atoms with van der Waals surface area (Å²) in [5, 5.41) is 24.2. The molecule has 1 amide bonds. The molecule has 0 heterocycles. The number of halogens is 2. The van der Waals surface area contributed by atoms with Crippen LogP contribution in [0.5, 0.6) is 11.5 Å². The average molecular weight is 466 g/mol. The molecular weight excluding hydrogens is 449 g/mol. The number of hydrogen-bond donors (Lipinski definition) is 2. The zero-order valence-electron chi connectivity index (χ0n) is 16.8. The molecule has 0 atom stereocenters. The van der Waals surface area contributed by atoms with E-state index in [1.165, 1.54) is 7.11 Å². The molecule has 0 bridgehead atoms. The summed E-state index contributed by atoms with van der Waals surface area (Å²) in [4.78, 5) is 13.0. The Morgan fingerprint density at radius 2 is 1.72 bits per heavy atom. The molecule has 0 saturated heterocycles. The Labute approximate surface area is 194 Å². The van der Waals surface area contributed by atoms with Crippen molar-refractivity contribution < 1.29 is 14.6 Å². The van der Waals surface area contributed by atoms with Gasteiger partial charge in [0.25, 0.3) is 5.91 Å². The van der Waals surface area contributed by atoms with Gasteiger partial charge in [-0.05, 0) is 41.8 Å². The summed E-state index contributed by atoms with van der Waals surface area (Å²) in [6, 6.07) is 20.6. The lowest BCUT2D eigenvalue weighted by Crippen LogP contribution is -2.13. The lowest BCUT2D eigenvalue weighted by molar-refractivity contribution is 0.102. The van der Waals surface area contributed by atoms with Crippen LogP contribution in [0.25, 0.3) is 10.8 Å². The van der Waals surface area contributed by atoms with Gasteiger partial charge in [0.2, 0.25) is 0 Å². The summed E-state index contributed by atoms with van der Waals surface area (Å²) in [5.74, 6) is -0.329. The normalized spacial score (nSPS) is 11.1. The van der Waals surface area contributed by atoms with Crippen LogP contribution in [0.15, 0.2) is 83.0 Å². The molecule has 0 spiro atoms. The highest BCUT2D eigenvalue weighted by atomic mass is 35.5. The van der Waals surface area contributed by atoms with Crippen molar-refractivity contribution in [2.45, 2.75) is 0 Å². The Morgan fingerprint density at radius 1 is 0.969 bits per heavy atom. The molecule has 0 aliphatic carbocycles. The van der Waals surface area contributed by atoms with E-state index < -0.39 is 5.91 Å². The van der Waals surface area contributed by atoms with Gasteiger partial charge in [0, 0.05) is 10.4 Å². The smallest absolute Gasteiger partial charge is 0.259 e. The first-order chi connectivity index (χ1) is 15.5. The van der Waals surface area contributed by atoms with E-state index in [1.807, 2.05) is 18.2 Å². The Morgan fingerprint density at radius 3 is 2.53 bits per heavy atom. The van der Waals surface area contributed by atoms with Crippen LogP contribution in [-0.2, 0) is 0 Å². The number of carbonyl (C=O) groups is 1. The summed E-state index contributed by atoms with van der Waals surface area (Å²) in [6.45, 7) is 0. The van der Waals surface area contributed by atoms with Crippen molar-refractivity contribution in [2.24, 2.45) is 10.2 Å². The summed E-state index contributed by atoms with van der Waals surface area (Å²) < 4.78 is 5.28. The Kier molecular flexibility index (Phi) is 6.25. The van der Waals surface area contributed by atoms with Crippen LogP contribution in [0.3, 0.4) is 0 Å². The first-order valence-electron chi connectivity index (χ1n) is 9.54. The minimum Gasteiger partial charge on any atom is -0.505 e. The molecule has 0 saturated carbocycles. The number of fused-ring (bicyclic) bond motifs is 1. The molecule has 32 heavy (non-hydrogen) atoms. The van der Waals surface area contributed by atoms with Crippen molar-refractivity contribution in [1.29, 1.82) is 0 Å². The number of para-hydroxylation sites is 2. The van der Waals surface area contributed by atoms with Crippen LogP contribution < -0.4 is 10.1 Å². The van der Waals surface area contributed by atoms with Gasteiger partial charge >= 0.3 is 0 Å². The molecule has 0 unspecified atom stereocenters. The maximum absolute atomic E-state index is 13.0. The number of carbonyl (C=O) groups excluding carboxylic acids is 1. The number of hydrogen-bond acceptors (Lipinski definition) is 5. The lowest BCUT2D eigenvalue weighted by atomic mass is 10.0. The standard InChI is InChI=1S/C24H17Cl2N3O3/c1-32-21-9-5-4-8-19(21)27-24(31)17-12-14-6-2-3-7-16(14)22(23(17)30)29-28-20-13-15(25)10-11-18(20)26/h2-13,30H,1H3,(H,27,31). The van der Waals surface area contributed by atoms with Crippen LogP contribution >= 0.6 is 23.2 Å². The zero-order chi connectivity index (χ0) is 22.7. The number of aromatic hydroxyl groups is 1.